The van der Waals surface area contributed by atoms with Crippen LogP contribution < -0.4 is 5.32 Å². The van der Waals surface area contributed by atoms with E-state index in [4.69, 9.17) is 16.6 Å². The number of hydrogen-bond donors (Lipinski definition) is 1. The minimum Gasteiger partial charge on any atom is -0.465 e. The Morgan fingerprint density at radius 1 is 1.53 bits per heavy atom. The number of nitrogens with one attached hydrogen (secondary N) is 1. The summed E-state index contributed by atoms with van der Waals surface area (Å²) in [6.45, 7) is 0. The summed E-state index contributed by atoms with van der Waals surface area (Å²) in [6, 6.07) is 3.64. The number of thiocarbonyl (C=S) groups is 1. The first-order chi connectivity index (χ1) is 7.25. The summed E-state index contributed by atoms with van der Waals surface area (Å²) < 4.78 is 5.59. The van der Waals surface area contributed by atoms with Crippen LogP contribution in [0.1, 0.15) is 5.76 Å². The highest BCUT2D eigenvalue weighted by Crippen LogP contribution is 2.23. The number of hydrogen-bond acceptors (Lipinski definition) is 4. The van der Waals surface area contributed by atoms with Gasteiger partial charge in [-0.1, -0.05) is 30.1 Å². The standard InChI is InChI=1S/C10H7NO2S2/c12-9-8(15-10(14)11-9)5-1-3-7-4-2-6-13-7/h1-6H,(H,11,12,14)/b3-1+,8-5-. The van der Waals surface area contributed by atoms with Crippen LogP contribution in [0.2, 0.25) is 0 Å². The lowest BCUT2D eigenvalue weighted by Gasteiger charge is -1.85. The molecule has 2 rings (SSSR count). The van der Waals surface area contributed by atoms with Crippen molar-refractivity contribution in [3.8, 4) is 0 Å². The second-order valence-electron chi connectivity index (χ2n) is 2.75. The molecule has 1 amide bonds. The van der Waals surface area contributed by atoms with Crippen LogP contribution in [0.25, 0.3) is 6.08 Å². The van der Waals surface area contributed by atoms with E-state index in [1.54, 1.807) is 30.6 Å². The molecule has 15 heavy (non-hydrogen) atoms. The van der Waals surface area contributed by atoms with Crippen LogP contribution in [-0.4, -0.2) is 10.2 Å². The second kappa shape index (κ2) is 4.46. The molecule has 0 aromatic carbocycles. The molecule has 0 aliphatic carbocycles. The number of allylic oxidation sites excluding steroid dienone is 2. The fourth-order valence-electron chi connectivity index (χ4n) is 1.05. The molecule has 1 saturated heterocycles. The predicted octanol–water partition coefficient (Wildman–Crippen LogP) is 2.32. The molecule has 3 nitrogen and oxygen atoms in total. The van der Waals surface area contributed by atoms with Gasteiger partial charge in [0.2, 0.25) is 0 Å². The molecule has 1 aliphatic heterocycles. The number of carbonyl (C=O) groups excluding carboxylic acids is 1. The zero-order valence-corrected chi connectivity index (χ0v) is 9.23. The van der Waals surface area contributed by atoms with Gasteiger partial charge in [0.25, 0.3) is 5.91 Å². The zero-order valence-electron chi connectivity index (χ0n) is 7.60. The molecule has 5 heteroatoms. The molecule has 76 valence electrons. The van der Waals surface area contributed by atoms with Gasteiger partial charge in [0.1, 0.15) is 10.1 Å². The second-order valence-corrected chi connectivity index (χ2v) is 4.47. The summed E-state index contributed by atoms with van der Waals surface area (Å²) in [5.41, 5.74) is 0. The first kappa shape index (κ1) is 10.2. The van der Waals surface area contributed by atoms with E-state index in [1.165, 1.54) is 11.8 Å². The van der Waals surface area contributed by atoms with Crippen molar-refractivity contribution in [2.45, 2.75) is 0 Å². The first-order valence-corrected chi connectivity index (χ1v) is 5.43. The van der Waals surface area contributed by atoms with Crippen molar-refractivity contribution >= 4 is 40.3 Å². The Bertz CT molecular complexity index is 446. The summed E-state index contributed by atoms with van der Waals surface area (Å²) in [6.07, 6.45) is 6.84. The topological polar surface area (TPSA) is 42.2 Å². The maximum absolute atomic E-state index is 11.2. The van der Waals surface area contributed by atoms with Gasteiger partial charge in [0.15, 0.2) is 0 Å². The van der Waals surface area contributed by atoms with Gasteiger partial charge in [-0.15, -0.1) is 0 Å². The Labute approximate surface area is 96.2 Å². The fourth-order valence-corrected chi connectivity index (χ4v) is 2.05. The van der Waals surface area contributed by atoms with Gasteiger partial charge in [-0.3, -0.25) is 4.79 Å². The summed E-state index contributed by atoms with van der Waals surface area (Å²) in [7, 11) is 0. The third kappa shape index (κ3) is 2.57. The first-order valence-electron chi connectivity index (χ1n) is 4.21. The van der Waals surface area contributed by atoms with Gasteiger partial charge >= 0.3 is 0 Å². The monoisotopic (exact) mass is 237 g/mol. The van der Waals surface area contributed by atoms with Gasteiger partial charge in [0.05, 0.1) is 11.2 Å². The van der Waals surface area contributed by atoms with Crippen molar-refractivity contribution in [2.75, 3.05) is 0 Å². The lowest BCUT2D eigenvalue weighted by Crippen LogP contribution is -2.17. The lowest BCUT2D eigenvalue weighted by atomic mass is 10.3. The highest BCUT2D eigenvalue weighted by atomic mass is 32.2. The molecule has 2 heterocycles. The van der Waals surface area contributed by atoms with Crippen molar-refractivity contribution < 1.29 is 9.21 Å². The van der Waals surface area contributed by atoms with Crippen molar-refractivity contribution in [1.82, 2.24) is 5.32 Å². The van der Waals surface area contributed by atoms with E-state index in [2.05, 4.69) is 5.32 Å². The van der Waals surface area contributed by atoms with Crippen LogP contribution in [0, 0.1) is 0 Å². The number of furan rings is 1. The molecule has 0 bridgehead atoms. The lowest BCUT2D eigenvalue weighted by molar-refractivity contribution is -0.115. The van der Waals surface area contributed by atoms with E-state index in [0.29, 0.717) is 9.23 Å². The fraction of sp³-hybridized carbons (Fsp3) is 0. The summed E-state index contributed by atoms with van der Waals surface area (Å²) >= 11 is 6.11. The minimum atomic E-state index is -0.144. The third-order valence-electron chi connectivity index (χ3n) is 1.69. The molecule has 0 saturated carbocycles. The molecule has 1 aliphatic rings. The van der Waals surface area contributed by atoms with Crippen molar-refractivity contribution in [2.24, 2.45) is 0 Å². The molecule has 0 radical (unpaired) electrons. The normalized spacial score (nSPS) is 19.1. The van der Waals surface area contributed by atoms with Crippen molar-refractivity contribution in [3.63, 3.8) is 0 Å². The molecule has 1 N–H and O–H groups in total. The van der Waals surface area contributed by atoms with Gasteiger partial charge in [0, 0.05) is 0 Å². The van der Waals surface area contributed by atoms with Crippen molar-refractivity contribution in [3.05, 3.63) is 41.2 Å². The number of carbonyl (C=O) groups is 1. The molecule has 0 unspecified atom stereocenters. The Hall–Kier alpha value is -1.33. The average molecular weight is 237 g/mol. The van der Waals surface area contributed by atoms with Crippen molar-refractivity contribution in [1.29, 1.82) is 0 Å². The Morgan fingerprint density at radius 3 is 3.00 bits per heavy atom. The van der Waals surface area contributed by atoms with E-state index in [9.17, 15) is 4.79 Å². The SMILES string of the molecule is O=C1NC(=S)S/C1=C\C=C\c1ccco1. The van der Waals surface area contributed by atoms with E-state index in [0.717, 1.165) is 5.76 Å². The minimum absolute atomic E-state index is 0.144. The maximum Gasteiger partial charge on any atom is 0.263 e. The Morgan fingerprint density at radius 2 is 2.40 bits per heavy atom. The van der Waals surface area contributed by atoms with E-state index < -0.39 is 0 Å². The zero-order chi connectivity index (χ0) is 10.7. The molecule has 0 spiro atoms. The Balaban J connectivity index is 2.06. The Kier molecular flexibility index (Phi) is 3.03. The van der Waals surface area contributed by atoms with E-state index in [-0.39, 0.29) is 5.91 Å². The van der Waals surface area contributed by atoms with E-state index in [1.807, 2.05) is 6.07 Å². The number of rotatable bonds is 2. The summed E-state index contributed by atoms with van der Waals surface area (Å²) in [5, 5.41) is 2.54. The molecular formula is C10H7NO2S2. The van der Waals surface area contributed by atoms with Crippen LogP contribution in [0.3, 0.4) is 0 Å². The highest BCUT2D eigenvalue weighted by Gasteiger charge is 2.20. The predicted molar refractivity (Wildman–Crippen MR) is 64.2 cm³/mol. The van der Waals surface area contributed by atoms with Crippen LogP contribution in [0.5, 0.6) is 0 Å². The average Bonchev–Trinajstić information content (AvgIpc) is 2.77. The smallest absolute Gasteiger partial charge is 0.263 e. The van der Waals surface area contributed by atoms with Gasteiger partial charge in [-0.05, 0) is 24.3 Å². The van der Waals surface area contributed by atoms with Gasteiger partial charge in [-0.25, -0.2) is 0 Å². The highest BCUT2D eigenvalue weighted by molar-refractivity contribution is 8.26. The number of thioether (sulfide) groups is 1. The van der Waals surface area contributed by atoms with E-state index >= 15 is 0 Å². The molecule has 1 fully saturated rings. The maximum atomic E-state index is 11.2. The van der Waals surface area contributed by atoms with Crippen LogP contribution in [-0.2, 0) is 4.79 Å². The van der Waals surface area contributed by atoms with Crippen LogP contribution in [0.4, 0.5) is 0 Å². The third-order valence-corrected chi connectivity index (χ3v) is 2.87. The molecule has 0 atom stereocenters. The summed E-state index contributed by atoms with van der Waals surface area (Å²) in [5.74, 6) is 0.604. The largest absolute Gasteiger partial charge is 0.465 e. The van der Waals surface area contributed by atoms with Gasteiger partial charge in [-0.2, -0.15) is 0 Å². The van der Waals surface area contributed by atoms with Gasteiger partial charge < -0.3 is 9.73 Å². The van der Waals surface area contributed by atoms with Crippen LogP contribution in [0.15, 0.2) is 39.9 Å². The summed E-state index contributed by atoms with van der Waals surface area (Å²) in [4.78, 5) is 11.8. The number of amides is 1. The van der Waals surface area contributed by atoms with Crippen LogP contribution >= 0.6 is 24.0 Å². The quantitative estimate of drug-likeness (QED) is 0.633. The molecular weight excluding hydrogens is 230 g/mol. The molecule has 1 aromatic rings. The molecule has 1 aromatic heterocycles.